The number of hydrogen-bond acceptors (Lipinski definition) is 7. The number of pyridine rings is 2. The van der Waals surface area contributed by atoms with Gasteiger partial charge in [0.1, 0.15) is 17.0 Å². The number of rotatable bonds is 7. The summed E-state index contributed by atoms with van der Waals surface area (Å²) in [5.41, 5.74) is 2.35. The van der Waals surface area contributed by atoms with Crippen LogP contribution in [0.25, 0.3) is 21.9 Å². The molecule has 0 spiro atoms. The number of anilines is 3. The summed E-state index contributed by atoms with van der Waals surface area (Å²) in [5.74, 6) is 1.22. The maximum absolute atomic E-state index is 14.9. The molecule has 1 atom stereocenters. The Labute approximate surface area is 229 Å². The van der Waals surface area contributed by atoms with Crippen molar-refractivity contribution in [1.82, 2.24) is 24.5 Å². The van der Waals surface area contributed by atoms with Crippen molar-refractivity contribution in [2.24, 2.45) is 5.92 Å². The second-order valence-corrected chi connectivity index (χ2v) is 17.0. The molecule has 6 rings (SSSR count). The summed E-state index contributed by atoms with van der Waals surface area (Å²) in [4.78, 5) is 31.0. The van der Waals surface area contributed by atoms with Gasteiger partial charge in [-0.2, -0.15) is 9.37 Å². The molecule has 2 fully saturated rings. The molecule has 0 amide bonds. The summed E-state index contributed by atoms with van der Waals surface area (Å²) >= 11 is 0. The van der Waals surface area contributed by atoms with Gasteiger partial charge in [-0.05, 0) is 67.9 Å². The highest BCUT2D eigenvalue weighted by Crippen LogP contribution is 2.44. The van der Waals surface area contributed by atoms with E-state index in [0.717, 1.165) is 73.7 Å². The van der Waals surface area contributed by atoms with E-state index >= 15 is 0 Å². The third kappa shape index (κ3) is 4.88. The Bertz CT molecular complexity index is 1490. The minimum Gasteiger partial charge on any atom is -0.432 e. The van der Waals surface area contributed by atoms with Gasteiger partial charge in [0.05, 0.1) is 11.9 Å². The minimum atomic E-state index is -2.21. The lowest BCUT2D eigenvalue weighted by Gasteiger charge is -2.37. The lowest BCUT2D eigenvalue weighted by Crippen LogP contribution is -2.40. The third-order valence-electron chi connectivity index (χ3n) is 9.19. The summed E-state index contributed by atoms with van der Waals surface area (Å²) in [7, 11) is -2.21. The van der Waals surface area contributed by atoms with Crippen LogP contribution in [0.3, 0.4) is 0 Å². The van der Waals surface area contributed by atoms with Crippen LogP contribution in [0.15, 0.2) is 36.8 Å². The number of aromatic nitrogens is 5. The maximum Gasteiger partial charge on any atom is 0.237 e. The fraction of sp³-hybridized carbons (Fsp3) is 0.517. The second kappa shape index (κ2) is 9.82. The summed E-state index contributed by atoms with van der Waals surface area (Å²) in [5, 5.41) is 4.88. The van der Waals surface area contributed by atoms with Crippen molar-refractivity contribution in [3.63, 3.8) is 0 Å². The molecule has 0 bridgehead atoms. The average molecular weight is 548 g/mol. The number of nitrogens with one attached hydrogen (secondary N) is 1. The minimum absolute atomic E-state index is 0.00738. The third-order valence-corrected chi connectivity index (χ3v) is 12.7. The molecular formula is C29H38FN7OSi. The molecule has 0 unspecified atom stereocenters. The quantitative estimate of drug-likeness (QED) is 0.200. The highest BCUT2D eigenvalue weighted by molar-refractivity contribution is 6.72. The van der Waals surface area contributed by atoms with E-state index in [-0.39, 0.29) is 11.1 Å². The molecule has 4 aromatic heterocycles. The van der Waals surface area contributed by atoms with Crippen molar-refractivity contribution in [2.45, 2.75) is 76.5 Å². The molecule has 0 aromatic carbocycles. The molecule has 1 aliphatic carbocycles. The zero-order valence-corrected chi connectivity index (χ0v) is 24.3. The Morgan fingerprint density at radius 1 is 1.05 bits per heavy atom. The van der Waals surface area contributed by atoms with Gasteiger partial charge in [-0.3, -0.25) is 0 Å². The predicted molar refractivity (Wildman–Crippen MR) is 156 cm³/mol. The van der Waals surface area contributed by atoms with E-state index in [9.17, 15) is 9.19 Å². The molecule has 8 nitrogen and oxygen atoms in total. The van der Waals surface area contributed by atoms with E-state index in [0.29, 0.717) is 23.2 Å². The molecule has 1 saturated carbocycles. The summed E-state index contributed by atoms with van der Waals surface area (Å²) in [6.45, 7) is 10.5. The summed E-state index contributed by atoms with van der Waals surface area (Å²) in [6, 6.07) is 6.10. The first-order valence-corrected chi connectivity index (χ1v) is 17.1. The maximum atomic E-state index is 14.9. The molecule has 5 heterocycles. The molecule has 2 aliphatic rings. The van der Waals surface area contributed by atoms with Crippen LogP contribution in [-0.2, 0) is 0 Å². The Balaban J connectivity index is 1.20. The molecule has 10 heteroatoms. The fourth-order valence-electron chi connectivity index (χ4n) is 6.27. The zero-order valence-electron chi connectivity index (χ0n) is 23.3. The first-order valence-electron chi connectivity index (χ1n) is 14.1. The molecule has 1 aliphatic heterocycles. The topological polar surface area (TPSA) is 92.0 Å². The molecule has 4 aromatic rings. The molecule has 0 radical (unpaired) electrons. The van der Waals surface area contributed by atoms with Crippen LogP contribution >= 0.6 is 0 Å². The lowest BCUT2D eigenvalue weighted by atomic mass is 9.95. The van der Waals surface area contributed by atoms with Crippen LogP contribution < -0.4 is 10.2 Å². The molecule has 206 valence electrons. The van der Waals surface area contributed by atoms with Crippen LogP contribution in [0.4, 0.5) is 21.8 Å². The van der Waals surface area contributed by atoms with E-state index in [1.807, 2.05) is 36.0 Å². The predicted octanol–water partition coefficient (Wildman–Crippen LogP) is 6.57. The van der Waals surface area contributed by atoms with Gasteiger partial charge in [0.2, 0.25) is 11.9 Å². The van der Waals surface area contributed by atoms with Gasteiger partial charge in [0.15, 0.2) is 8.32 Å². The van der Waals surface area contributed by atoms with Crippen LogP contribution in [-0.4, -0.2) is 50.7 Å². The molecular weight excluding hydrogens is 509 g/mol. The van der Waals surface area contributed by atoms with Gasteiger partial charge in [-0.1, -0.05) is 26.7 Å². The van der Waals surface area contributed by atoms with Crippen LogP contribution in [0, 0.1) is 11.9 Å². The van der Waals surface area contributed by atoms with Crippen molar-refractivity contribution in [1.29, 1.82) is 0 Å². The Morgan fingerprint density at radius 3 is 2.56 bits per heavy atom. The van der Waals surface area contributed by atoms with Gasteiger partial charge in [0.25, 0.3) is 0 Å². The van der Waals surface area contributed by atoms with E-state index in [1.54, 1.807) is 6.20 Å². The number of fused-ring (bicyclic) bond motifs is 3. The number of halogens is 1. The smallest absolute Gasteiger partial charge is 0.237 e. The Kier molecular flexibility index (Phi) is 6.58. The standard InChI is InChI=1S/C29H38FN7OSi/c1-29(2,39(3,4)38)15-19-12-14-36(18-19)21-9-10-24(32-16-21)34-28-33-17-23-22-11-13-31-26(30)25(22)37(27(23)35-28)20-7-5-6-8-20/h9-11,13,16-17,19-20,38H,5-8,12,14-15,18H2,1-4H3,(H,32,33,34,35)/t19-/m1/s1. The van der Waals surface area contributed by atoms with Gasteiger partial charge in [-0.25, -0.2) is 15.0 Å². The Morgan fingerprint density at radius 2 is 1.85 bits per heavy atom. The van der Waals surface area contributed by atoms with Crippen molar-refractivity contribution < 1.29 is 9.19 Å². The van der Waals surface area contributed by atoms with Gasteiger partial charge >= 0.3 is 0 Å². The first kappa shape index (κ1) is 26.1. The normalized spacial score (nSPS) is 19.0. The van der Waals surface area contributed by atoms with Crippen molar-refractivity contribution >= 4 is 47.7 Å². The second-order valence-electron chi connectivity index (χ2n) is 12.5. The van der Waals surface area contributed by atoms with Gasteiger partial charge in [0, 0.05) is 42.3 Å². The highest BCUT2D eigenvalue weighted by atomic mass is 28.4. The number of hydrogen-bond donors (Lipinski definition) is 2. The van der Waals surface area contributed by atoms with Crippen molar-refractivity contribution in [3.05, 3.63) is 42.7 Å². The Hall–Kier alpha value is -3.11. The van der Waals surface area contributed by atoms with Crippen LogP contribution in [0.1, 0.15) is 58.4 Å². The zero-order chi connectivity index (χ0) is 27.4. The van der Waals surface area contributed by atoms with Crippen molar-refractivity contribution in [2.75, 3.05) is 23.3 Å². The summed E-state index contributed by atoms with van der Waals surface area (Å²) < 4.78 is 16.9. The van der Waals surface area contributed by atoms with E-state index < -0.39 is 14.3 Å². The van der Waals surface area contributed by atoms with Gasteiger partial charge in [-0.15, -0.1) is 0 Å². The molecule has 39 heavy (non-hydrogen) atoms. The monoisotopic (exact) mass is 547 g/mol. The van der Waals surface area contributed by atoms with Crippen LogP contribution in [0.5, 0.6) is 0 Å². The first-order chi connectivity index (χ1) is 18.6. The molecule has 2 N–H and O–H groups in total. The van der Waals surface area contributed by atoms with Gasteiger partial charge < -0.3 is 19.6 Å². The largest absolute Gasteiger partial charge is 0.432 e. The van der Waals surface area contributed by atoms with E-state index in [1.165, 1.54) is 6.20 Å². The van der Waals surface area contributed by atoms with Crippen LogP contribution in [0.2, 0.25) is 18.1 Å². The SMILES string of the molecule is CC(C)(C[C@H]1CCN(c2ccc(Nc3ncc4c5ccnc(F)c5n(C5CCCC5)c4n3)nc2)C1)[Si](C)(C)O. The number of nitrogens with zero attached hydrogens (tertiary/aromatic N) is 6. The van der Waals surface area contributed by atoms with E-state index in [2.05, 4.69) is 45.1 Å². The van der Waals surface area contributed by atoms with Crippen molar-refractivity contribution in [3.8, 4) is 0 Å². The summed E-state index contributed by atoms with van der Waals surface area (Å²) in [6.07, 6.45) is 11.6. The molecule has 1 saturated heterocycles. The highest BCUT2D eigenvalue weighted by Gasteiger charge is 2.41. The van der Waals surface area contributed by atoms with E-state index in [4.69, 9.17) is 4.98 Å². The lowest BCUT2D eigenvalue weighted by molar-refractivity contribution is 0.392. The fourth-order valence-corrected chi connectivity index (χ4v) is 7.06. The average Bonchev–Trinajstić information content (AvgIpc) is 3.63.